The minimum absolute atomic E-state index is 0.0782. The molecule has 1 amide bonds. The number of anilines is 1. The number of amides is 1. The molecule has 0 N–H and O–H groups in total. The molecule has 7 nitrogen and oxygen atoms in total. The Bertz CT molecular complexity index is 744. The highest BCUT2D eigenvalue weighted by molar-refractivity contribution is 5.93. The zero-order chi connectivity index (χ0) is 19.5. The van der Waals surface area contributed by atoms with Crippen LogP contribution in [0.15, 0.2) is 12.1 Å². The normalized spacial score (nSPS) is 14.6. The number of methoxy groups -OCH3 is 1. The third-order valence-corrected chi connectivity index (χ3v) is 3.90. The maximum atomic E-state index is 14.8. The van der Waals surface area contributed by atoms with Gasteiger partial charge in [0, 0.05) is 26.2 Å². The van der Waals surface area contributed by atoms with Gasteiger partial charge in [0.2, 0.25) is 0 Å². The van der Waals surface area contributed by atoms with Gasteiger partial charge in [0.25, 0.3) is 0 Å². The van der Waals surface area contributed by atoms with Crippen molar-refractivity contribution < 1.29 is 23.5 Å². The highest BCUT2D eigenvalue weighted by Gasteiger charge is 2.29. The summed E-state index contributed by atoms with van der Waals surface area (Å²) in [6, 6.07) is 4.65. The molecule has 140 valence electrons. The van der Waals surface area contributed by atoms with Crippen LogP contribution in [0.5, 0.6) is 0 Å². The van der Waals surface area contributed by atoms with Crippen molar-refractivity contribution in [2.24, 2.45) is 0 Å². The summed E-state index contributed by atoms with van der Waals surface area (Å²) in [5, 5.41) is 9.08. The van der Waals surface area contributed by atoms with E-state index < -0.39 is 23.5 Å². The summed E-state index contributed by atoms with van der Waals surface area (Å²) in [6.07, 6.45) is -0.410. The molecule has 1 aliphatic rings. The Labute approximate surface area is 151 Å². The molecule has 1 heterocycles. The van der Waals surface area contributed by atoms with Crippen LogP contribution in [0.2, 0.25) is 0 Å². The smallest absolute Gasteiger partial charge is 0.410 e. The molecule has 0 aromatic heterocycles. The van der Waals surface area contributed by atoms with Crippen LogP contribution in [0.25, 0.3) is 0 Å². The monoisotopic (exact) mass is 363 g/mol. The first-order chi connectivity index (χ1) is 12.2. The maximum absolute atomic E-state index is 14.8. The van der Waals surface area contributed by atoms with Crippen LogP contribution in [0, 0.1) is 17.1 Å². The van der Waals surface area contributed by atoms with Crippen LogP contribution in [0.4, 0.5) is 14.9 Å². The third-order valence-electron chi connectivity index (χ3n) is 3.90. The Morgan fingerprint density at radius 1 is 1.19 bits per heavy atom. The summed E-state index contributed by atoms with van der Waals surface area (Å²) in [4.78, 5) is 27.2. The molecule has 1 aromatic carbocycles. The van der Waals surface area contributed by atoms with Gasteiger partial charge in [-0.05, 0) is 32.9 Å². The van der Waals surface area contributed by atoms with E-state index in [2.05, 4.69) is 4.74 Å². The Morgan fingerprint density at radius 3 is 2.31 bits per heavy atom. The number of nitriles is 1. The molecule has 0 saturated carbocycles. The van der Waals surface area contributed by atoms with E-state index in [0.717, 1.165) is 7.11 Å². The molecule has 1 aromatic rings. The molecule has 1 saturated heterocycles. The number of hydrogen-bond donors (Lipinski definition) is 0. The number of esters is 1. The Balaban J connectivity index is 2.16. The fourth-order valence-corrected chi connectivity index (χ4v) is 2.66. The molecule has 0 aliphatic carbocycles. The number of carbonyl (C=O) groups excluding carboxylic acids is 2. The van der Waals surface area contributed by atoms with Crippen molar-refractivity contribution in [3.63, 3.8) is 0 Å². The lowest BCUT2D eigenvalue weighted by Crippen LogP contribution is -2.50. The zero-order valence-electron chi connectivity index (χ0n) is 15.3. The van der Waals surface area contributed by atoms with Crippen LogP contribution in [0.1, 0.15) is 36.7 Å². The molecule has 0 unspecified atom stereocenters. The summed E-state index contributed by atoms with van der Waals surface area (Å²) in [5.41, 5.74) is -0.830. The first-order valence-corrected chi connectivity index (χ1v) is 8.21. The van der Waals surface area contributed by atoms with Gasteiger partial charge >= 0.3 is 12.1 Å². The third kappa shape index (κ3) is 4.23. The number of ether oxygens (including phenoxy) is 2. The minimum Gasteiger partial charge on any atom is -0.465 e. The number of hydrogen-bond acceptors (Lipinski definition) is 6. The highest BCUT2D eigenvalue weighted by atomic mass is 19.1. The van der Waals surface area contributed by atoms with Gasteiger partial charge < -0.3 is 19.3 Å². The molecule has 0 atom stereocenters. The Hall–Kier alpha value is -2.82. The summed E-state index contributed by atoms with van der Waals surface area (Å²) in [5.74, 6) is -1.69. The molecule has 8 heteroatoms. The number of rotatable bonds is 2. The molecule has 0 spiro atoms. The van der Waals surface area contributed by atoms with Gasteiger partial charge in [-0.1, -0.05) is 0 Å². The van der Waals surface area contributed by atoms with Crippen molar-refractivity contribution in [1.29, 1.82) is 5.26 Å². The predicted octanol–water partition coefficient (Wildman–Crippen LogP) is 2.54. The standard InChI is InChI=1S/C18H22FN3O4/c1-18(2,3)26-17(24)22-9-7-21(8-10-22)13-6-5-12(11-20)14(15(13)19)16(23)25-4/h5-6H,7-10H2,1-4H3. The highest BCUT2D eigenvalue weighted by Crippen LogP contribution is 2.27. The average molecular weight is 363 g/mol. The van der Waals surface area contributed by atoms with E-state index in [0.29, 0.717) is 26.2 Å². The van der Waals surface area contributed by atoms with E-state index in [4.69, 9.17) is 10.00 Å². The first-order valence-electron chi connectivity index (χ1n) is 8.21. The van der Waals surface area contributed by atoms with E-state index in [1.165, 1.54) is 12.1 Å². The molecule has 1 fully saturated rings. The van der Waals surface area contributed by atoms with E-state index in [9.17, 15) is 14.0 Å². The van der Waals surface area contributed by atoms with Gasteiger partial charge in [0.05, 0.1) is 18.4 Å². The second kappa shape index (κ2) is 7.60. The van der Waals surface area contributed by atoms with Gasteiger partial charge in [-0.2, -0.15) is 5.26 Å². The van der Waals surface area contributed by atoms with Crippen molar-refractivity contribution in [2.45, 2.75) is 26.4 Å². The molecular formula is C18H22FN3O4. The second-order valence-electron chi connectivity index (χ2n) is 6.88. The lowest BCUT2D eigenvalue weighted by molar-refractivity contribution is 0.0240. The van der Waals surface area contributed by atoms with Crippen molar-refractivity contribution in [2.75, 3.05) is 38.2 Å². The van der Waals surface area contributed by atoms with Crippen molar-refractivity contribution in [1.82, 2.24) is 4.90 Å². The number of piperazine rings is 1. The Kier molecular flexibility index (Phi) is 5.70. The lowest BCUT2D eigenvalue weighted by atomic mass is 10.1. The zero-order valence-corrected chi connectivity index (χ0v) is 15.3. The molecule has 2 rings (SSSR count). The van der Waals surface area contributed by atoms with Crippen LogP contribution in [-0.2, 0) is 9.47 Å². The molecule has 0 bridgehead atoms. The number of carbonyl (C=O) groups is 2. The largest absolute Gasteiger partial charge is 0.465 e. The fourth-order valence-electron chi connectivity index (χ4n) is 2.66. The van der Waals surface area contributed by atoms with Gasteiger partial charge in [0.1, 0.15) is 17.2 Å². The first kappa shape index (κ1) is 19.5. The van der Waals surface area contributed by atoms with E-state index in [1.54, 1.807) is 36.6 Å². The van der Waals surface area contributed by atoms with E-state index >= 15 is 0 Å². The molecule has 0 radical (unpaired) electrons. The maximum Gasteiger partial charge on any atom is 0.410 e. The molecule has 26 heavy (non-hydrogen) atoms. The van der Waals surface area contributed by atoms with Crippen LogP contribution < -0.4 is 4.90 Å². The predicted molar refractivity (Wildman–Crippen MR) is 92.5 cm³/mol. The van der Waals surface area contributed by atoms with Crippen LogP contribution >= 0.6 is 0 Å². The van der Waals surface area contributed by atoms with Gasteiger partial charge in [0.15, 0.2) is 5.82 Å². The van der Waals surface area contributed by atoms with Crippen LogP contribution in [-0.4, -0.2) is 55.9 Å². The van der Waals surface area contributed by atoms with Gasteiger partial charge in [-0.25, -0.2) is 14.0 Å². The summed E-state index contributed by atoms with van der Waals surface area (Å²) < 4.78 is 24.7. The topological polar surface area (TPSA) is 82.9 Å². The summed E-state index contributed by atoms with van der Waals surface area (Å²) in [6.45, 7) is 6.86. The fraction of sp³-hybridized carbons (Fsp3) is 0.500. The van der Waals surface area contributed by atoms with Crippen molar-refractivity contribution >= 4 is 17.7 Å². The lowest BCUT2D eigenvalue weighted by Gasteiger charge is -2.37. The summed E-state index contributed by atoms with van der Waals surface area (Å²) >= 11 is 0. The number of benzene rings is 1. The summed E-state index contributed by atoms with van der Waals surface area (Å²) in [7, 11) is 1.13. The number of halogens is 1. The van der Waals surface area contributed by atoms with Gasteiger partial charge in [-0.3, -0.25) is 0 Å². The van der Waals surface area contributed by atoms with Crippen molar-refractivity contribution in [3.8, 4) is 6.07 Å². The second-order valence-corrected chi connectivity index (χ2v) is 6.88. The average Bonchev–Trinajstić information content (AvgIpc) is 2.59. The van der Waals surface area contributed by atoms with E-state index in [1.807, 2.05) is 0 Å². The minimum atomic E-state index is -0.895. The SMILES string of the molecule is COC(=O)c1c(C#N)ccc(N2CCN(C(=O)OC(C)(C)C)CC2)c1F. The number of nitrogens with zero attached hydrogens (tertiary/aromatic N) is 3. The van der Waals surface area contributed by atoms with Crippen LogP contribution in [0.3, 0.4) is 0 Å². The molecular weight excluding hydrogens is 341 g/mol. The Morgan fingerprint density at radius 2 is 1.81 bits per heavy atom. The van der Waals surface area contributed by atoms with Crippen molar-refractivity contribution in [3.05, 3.63) is 29.1 Å². The quantitative estimate of drug-likeness (QED) is 0.751. The van der Waals surface area contributed by atoms with Gasteiger partial charge in [-0.15, -0.1) is 0 Å². The molecule has 1 aliphatic heterocycles. The van der Waals surface area contributed by atoms with E-state index in [-0.39, 0.29) is 16.8 Å².